The Hall–Kier alpha value is -1.29. The molecule has 4 heteroatoms. The highest BCUT2D eigenvalue weighted by Crippen LogP contribution is 2.12. The molecular formula is C12H21N3O. The summed E-state index contributed by atoms with van der Waals surface area (Å²) >= 11 is 0. The van der Waals surface area contributed by atoms with Crippen molar-refractivity contribution in [1.82, 2.24) is 15.2 Å². The maximum absolute atomic E-state index is 11.0. The molecule has 16 heavy (non-hydrogen) atoms. The quantitative estimate of drug-likeness (QED) is 0.728. The van der Waals surface area contributed by atoms with Gasteiger partial charge in [0.25, 0.3) is 0 Å². The van der Waals surface area contributed by atoms with E-state index < -0.39 is 0 Å². The molecule has 0 bridgehead atoms. The molecule has 90 valence electrons. The molecule has 0 fully saturated rings. The molecule has 0 aliphatic carbocycles. The highest BCUT2D eigenvalue weighted by Gasteiger charge is 2.05. The minimum atomic E-state index is 0.0773. The van der Waals surface area contributed by atoms with E-state index in [0.29, 0.717) is 13.0 Å². The van der Waals surface area contributed by atoms with Crippen molar-refractivity contribution >= 4 is 5.91 Å². The Morgan fingerprint density at radius 1 is 1.44 bits per heavy atom. The van der Waals surface area contributed by atoms with Gasteiger partial charge in [-0.2, -0.15) is 0 Å². The van der Waals surface area contributed by atoms with Crippen LogP contribution < -0.4 is 10.6 Å². The van der Waals surface area contributed by atoms with Gasteiger partial charge >= 0.3 is 0 Å². The minimum Gasteiger partial charge on any atom is -0.359 e. The number of hydrogen-bond acceptors (Lipinski definition) is 2. The number of hydrogen-bond donors (Lipinski definition) is 2. The van der Waals surface area contributed by atoms with Crippen molar-refractivity contribution in [2.45, 2.75) is 26.8 Å². The molecule has 1 aromatic rings. The van der Waals surface area contributed by atoms with Crippen LogP contribution in [0.1, 0.15) is 23.4 Å². The third-order valence-electron chi connectivity index (χ3n) is 3.00. The third-order valence-corrected chi connectivity index (χ3v) is 3.00. The van der Waals surface area contributed by atoms with E-state index in [-0.39, 0.29) is 5.91 Å². The second kappa shape index (κ2) is 5.70. The van der Waals surface area contributed by atoms with E-state index in [9.17, 15) is 4.79 Å². The topological polar surface area (TPSA) is 46.1 Å². The van der Waals surface area contributed by atoms with Crippen molar-refractivity contribution < 1.29 is 4.79 Å². The van der Waals surface area contributed by atoms with Crippen molar-refractivity contribution in [2.24, 2.45) is 7.05 Å². The first-order valence-electron chi connectivity index (χ1n) is 5.59. The number of nitrogens with one attached hydrogen (secondary N) is 2. The highest BCUT2D eigenvalue weighted by atomic mass is 16.1. The minimum absolute atomic E-state index is 0.0773. The van der Waals surface area contributed by atoms with Crippen molar-refractivity contribution in [2.75, 3.05) is 13.6 Å². The number of carbonyl (C=O) groups excluding carboxylic acids is 1. The van der Waals surface area contributed by atoms with E-state index >= 15 is 0 Å². The lowest BCUT2D eigenvalue weighted by Crippen LogP contribution is -2.24. The molecule has 0 spiro atoms. The number of nitrogens with zero attached hydrogens (tertiary/aromatic N) is 1. The van der Waals surface area contributed by atoms with Gasteiger partial charge in [0, 0.05) is 45.0 Å². The summed E-state index contributed by atoms with van der Waals surface area (Å²) in [5.74, 6) is 0.0773. The van der Waals surface area contributed by atoms with Gasteiger partial charge in [0.2, 0.25) is 5.91 Å². The van der Waals surface area contributed by atoms with Crippen molar-refractivity contribution in [3.8, 4) is 0 Å². The first-order valence-corrected chi connectivity index (χ1v) is 5.59. The summed E-state index contributed by atoms with van der Waals surface area (Å²) in [4.78, 5) is 11.0. The van der Waals surface area contributed by atoms with Crippen molar-refractivity contribution in [3.63, 3.8) is 0 Å². The van der Waals surface area contributed by atoms with Crippen LogP contribution in [0.3, 0.4) is 0 Å². The van der Waals surface area contributed by atoms with Gasteiger partial charge in [-0.25, -0.2) is 0 Å². The summed E-state index contributed by atoms with van der Waals surface area (Å²) in [5.41, 5.74) is 3.85. The Labute approximate surface area is 97.0 Å². The van der Waals surface area contributed by atoms with E-state index in [1.165, 1.54) is 17.0 Å². The molecule has 0 unspecified atom stereocenters. The Kier molecular flexibility index (Phi) is 4.55. The van der Waals surface area contributed by atoms with Crippen molar-refractivity contribution in [3.05, 3.63) is 23.0 Å². The van der Waals surface area contributed by atoms with Crippen LogP contribution in [0.5, 0.6) is 0 Å². The normalized spacial score (nSPS) is 10.5. The smallest absolute Gasteiger partial charge is 0.221 e. The molecule has 4 nitrogen and oxygen atoms in total. The van der Waals surface area contributed by atoms with Crippen LogP contribution in [0, 0.1) is 13.8 Å². The highest BCUT2D eigenvalue weighted by molar-refractivity contribution is 5.75. The average Bonchev–Trinajstić information content (AvgIpc) is 2.52. The molecule has 0 aliphatic rings. The lowest BCUT2D eigenvalue weighted by Gasteiger charge is -2.05. The predicted molar refractivity (Wildman–Crippen MR) is 65.3 cm³/mol. The largest absolute Gasteiger partial charge is 0.359 e. The molecule has 0 atom stereocenters. The van der Waals surface area contributed by atoms with Gasteiger partial charge < -0.3 is 15.2 Å². The molecule has 2 N–H and O–H groups in total. The summed E-state index contributed by atoms with van der Waals surface area (Å²) in [6.07, 6.45) is 0.529. The number of carbonyl (C=O) groups is 1. The fourth-order valence-electron chi connectivity index (χ4n) is 1.66. The standard InChI is InChI=1S/C12H21N3O/c1-9-7-11(10(2)15(9)4)8-14-6-5-12(16)13-3/h7,14H,5-6,8H2,1-4H3,(H,13,16). The number of rotatable bonds is 5. The molecule has 1 heterocycles. The summed E-state index contributed by atoms with van der Waals surface area (Å²) in [6.45, 7) is 5.75. The maximum Gasteiger partial charge on any atom is 0.221 e. The lowest BCUT2D eigenvalue weighted by molar-refractivity contribution is -0.120. The van der Waals surface area contributed by atoms with Crippen LogP contribution >= 0.6 is 0 Å². The van der Waals surface area contributed by atoms with Gasteiger partial charge in [0.05, 0.1) is 0 Å². The van der Waals surface area contributed by atoms with Crippen LogP contribution in [-0.2, 0) is 18.4 Å². The molecule has 0 saturated carbocycles. The number of amides is 1. The second-order valence-electron chi connectivity index (χ2n) is 4.06. The van der Waals surface area contributed by atoms with E-state index in [1.54, 1.807) is 7.05 Å². The second-order valence-corrected chi connectivity index (χ2v) is 4.06. The molecule has 0 saturated heterocycles. The summed E-state index contributed by atoms with van der Waals surface area (Å²) in [7, 11) is 3.73. The Morgan fingerprint density at radius 2 is 2.12 bits per heavy atom. The van der Waals surface area contributed by atoms with E-state index in [1.807, 2.05) is 0 Å². The molecule has 0 aliphatic heterocycles. The summed E-state index contributed by atoms with van der Waals surface area (Å²) in [5, 5.41) is 5.88. The first-order chi connectivity index (χ1) is 7.56. The van der Waals surface area contributed by atoms with Crippen LogP contribution in [0.2, 0.25) is 0 Å². The van der Waals surface area contributed by atoms with E-state index in [2.05, 4.69) is 42.2 Å². The zero-order valence-electron chi connectivity index (χ0n) is 10.6. The van der Waals surface area contributed by atoms with Crippen molar-refractivity contribution in [1.29, 1.82) is 0 Å². The SMILES string of the molecule is CNC(=O)CCNCc1cc(C)n(C)c1C. The Morgan fingerprint density at radius 3 is 2.62 bits per heavy atom. The molecule has 1 amide bonds. The Bertz CT molecular complexity index is 369. The summed E-state index contributed by atoms with van der Waals surface area (Å²) < 4.78 is 2.18. The number of aryl methyl sites for hydroxylation is 1. The van der Waals surface area contributed by atoms with Crippen LogP contribution in [0.4, 0.5) is 0 Å². The zero-order valence-corrected chi connectivity index (χ0v) is 10.6. The van der Waals surface area contributed by atoms with Gasteiger partial charge in [0.1, 0.15) is 0 Å². The van der Waals surface area contributed by atoms with Gasteiger partial charge in [-0.3, -0.25) is 4.79 Å². The summed E-state index contributed by atoms with van der Waals surface area (Å²) in [6, 6.07) is 2.18. The lowest BCUT2D eigenvalue weighted by atomic mass is 10.2. The van der Waals surface area contributed by atoms with E-state index in [0.717, 1.165) is 6.54 Å². The fourth-order valence-corrected chi connectivity index (χ4v) is 1.66. The van der Waals surface area contributed by atoms with Gasteiger partial charge in [-0.1, -0.05) is 0 Å². The number of aromatic nitrogens is 1. The molecule has 0 radical (unpaired) electrons. The molecular weight excluding hydrogens is 202 g/mol. The van der Waals surface area contributed by atoms with Crippen LogP contribution in [0.25, 0.3) is 0 Å². The maximum atomic E-state index is 11.0. The van der Waals surface area contributed by atoms with Crippen LogP contribution in [-0.4, -0.2) is 24.1 Å². The third kappa shape index (κ3) is 3.10. The average molecular weight is 223 g/mol. The molecule has 1 rings (SSSR count). The van der Waals surface area contributed by atoms with E-state index in [4.69, 9.17) is 0 Å². The van der Waals surface area contributed by atoms with Gasteiger partial charge in [0.15, 0.2) is 0 Å². The first kappa shape index (κ1) is 12.8. The van der Waals surface area contributed by atoms with Gasteiger partial charge in [-0.05, 0) is 25.5 Å². The fraction of sp³-hybridized carbons (Fsp3) is 0.583. The predicted octanol–water partition coefficient (Wildman–Crippen LogP) is 0.868. The zero-order chi connectivity index (χ0) is 12.1. The monoisotopic (exact) mass is 223 g/mol. The Balaban J connectivity index is 2.38. The molecule has 0 aromatic carbocycles. The molecule has 1 aromatic heterocycles. The van der Waals surface area contributed by atoms with Crippen LogP contribution in [0.15, 0.2) is 6.07 Å². The van der Waals surface area contributed by atoms with Gasteiger partial charge in [-0.15, -0.1) is 0 Å².